The first-order valence-electron chi connectivity index (χ1n) is 5.74. The van der Waals surface area contributed by atoms with Crippen molar-refractivity contribution in [1.29, 1.82) is 0 Å². The van der Waals surface area contributed by atoms with Crippen LogP contribution in [0.5, 0.6) is 0 Å². The summed E-state index contributed by atoms with van der Waals surface area (Å²) in [6, 6.07) is 3.14. The van der Waals surface area contributed by atoms with Crippen LogP contribution in [0.4, 0.5) is 26.3 Å². The van der Waals surface area contributed by atoms with Crippen LogP contribution in [0.3, 0.4) is 0 Å². The molecule has 2 atom stereocenters. The number of alkyl halides is 6. The second-order valence-corrected chi connectivity index (χ2v) is 5.42. The normalized spacial score (nSPS) is 16.2. The Morgan fingerprint density at radius 2 is 1.48 bits per heavy atom. The van der Waals surface area contributed by atoms with Crippen molar-refractivity contribution in [2.24, 2.45) is 0 Å². The molecule has 3 nitrogen and oxygen atoms in total. The molecule has 1 aromatic rings. The Labute approximate surface area is 120 Å². The van der Waals surface area contributed by atoms with Crippen molar-refractivity contribution >= 4 is 11.3 Å². The Morgan fingerprint density at radius 3 is 1.81 bits per heavy atom. The molecule has 0 aromatic carbocycles. The first-order valence-corrected chi connectivity index (χ1v) is 6.62. The highest BCUT2D eigenvalue weighted by molar-refractivity contribution is 7.09. The average Bonchev–Trinajstić information content (AvgIpc) is 2.78. The van der Waals surface area contributed by atoms with Gasteiger partial charge in [-0.25, -0.2) is 0 Å². The number of hydrogen-bond donors (Lipinski definition) is 2. The van der Waals surface area contributed by atoms with Crippen LogP contribution in [0.2, 0.25) is 0 Å². The molecule has 0 saturated carbocycles. The summed E-state index contributed by atoms with van der Waals surface area (Å²) in [5.41, 5.74) is 0. The van der Waals surface area contributed by atoms with E-state index in [1.54, 1.807) is 11.4 Å². The van der Waals surface area contributed by atoms with Crippen LogP contribution < -0.4 is 0 Å². The predicted molar refractivity (Wildman–Crippen MR) is 63.7 cm³/mol. The second kappa shape index (κ2) is 6.95. The van der Waals surface area contributed by atoms with Gasteiger partial charge in [0.2, 0.25) is 0 Å². The van der Waals surface area contributed by atoms with Gasteiger partial charge in [-0.15, -0.1) is 11.3 Å². The van der Waals surface area contributed by atoms with E-state index in [2.05, 4.69) is 0 Å². The molecule has 2 N–H and O–H groups in total. The van der Waals surface area contributed by atoms with Crippen LogP contribution in [-0.4, -0.2) is 52.8 Å². The van der Waals surface area contributed by atoms with Crippen LogP contribution in [-0.2, 0) is 6.54 Å². The molecule has 1 heterocycles. The van der Waals surface area contributed by atoms with Crippen molar-refractivity contribution in [2.75, 3.05) is 13.1 Å². The van der Waals surface area contributed by atoms with Gasteiger partial charge in [0.15, 0.2) is 12.2 Å². The van der Waals surface area contributed by atoms with Gasteiger partial charge in [-0.05, 0) is 11.4 Å². The lowest BCUT2D eigenvalue weighted by Crippen LogP contribution is -2.46. The van der Waals surface area contributed by atoms with E-state index >= 15 is 0 Å². The highest BCUT2D eigenvalue weighted by atomic mass is 32.1. The van der Waals surface area contributed by atoms with E-state index in [-0.39, 0.29) is 6.54 Å². The molecular weight excluding hydrogens is 324 g/mol. The third-order valence-corrected chi connectivity index (χ3v) is 3.44. The standard InChI is InChI=1S/C11H13F6NO2S/c12-10(13,14)8(19)5-18(4-7-2-1-3-21-7)6-9(20)11(15,16)17/h1-3,8-9,19-20H,4-6H2/t8-,9+. The molecule has 0 aliphatic heterocycles. The molecule has 21 heavy (non-hydrogen) atoms. The van der Waals surface area contributed by atoms with Crippen molar-refractivity contribution in [1.82, 2.24) is 4.90 Å². The highest BCUT2D eigenvalue weighted by Gasteiger charge is 2.42. The molecule has 1 aromatic heterocycles. The first-order chi connectivity index (χ1) is 9.50. The largest absolute Gasteiger partial charge is 0.415 e. The minimum absolute atomic E-state index is 0.224. The van der Waals surface area contributed by atoms with E-state index in [1.807, 2.05) is 0 Å². The molecule has 10 heteroatoms. The zero-order chi connectivity index (χ0) is 16.3. The Morgan fingerprint density at radius 1 is 1.00 bits per heavy atom. The molecule has 0 aliphatic rings. The van der Waals surface area contributed by atoms with E-state index in [9.17, 15) is 26.3 Å². The monoisotopic (exact) mass is 337 g/mol. The minimum atomic E-state index is -4.93. The molecule has 0 fully saturated rings. The highest BCUT2D eigenvalue weighted by Crippen LogP contribution is 2.25. The number of aliphatic hydroxyl groups is 2. The molecule has 0 unspecified atom stereocenters. The Hall–Kier alpha value is -0.840. The smallest absolute Gasteiger partial charge is 0.382 e. The molecule has 0 bridgehead atoms. The molecule has 0 radical (unpaired) electrons. The van der Waals surface area contributed by atoms with Crippen molar-refractivity contribution in [2.45, 2.75) is 31.1 Å². The first kappa shape index (κ1) is 18.2. The molecule has 0 saturated heterocycles. The topological polar surface area (TPSA) is 43.7 Å². The number of hydrogen-bond acceptors (Lipinski definition) is 4. The van der Waals surface area contributed by atoms with Crippen LogP contribution in [0.25, 0.3) is 0 Å². The maximum atomic E-state index is 12.3. The summed E-state index contributed by atoms with van der Waals surface area (Å²) in [6.07, 6.45) is -15.4. The van der Waals surface area contributed by atoms with E-state index in [4.69, 9.17) is 10.2 Å². The molecular formula is C11H13F6NO2S. The van der Waals surface area contributed by atoms with E-state index in [0.717, 1.165) is 16.2 Å². The van der Waals surface area contributed by atoms with Gasteiger partial charge in [-0.1, -0.05) is 6.07 Å². The summed E-state index contributed by atoms with van der Waals surface area (Å²) in [5.74, 6) is 0. The van der Waals surface area contributed by atoms with Crippen LogP contribution in [0, 0.1) is 0 Å². The molecule has 0 aliphatic carbocycles. The van der Waals surface area contributed by atoms with Gasteiger partial charge < -0.3 is 10.2 Å². The number of aliphatic hydroxyl groups excluding tert-OH is 2. The summed E-state index contributed by atoms with van der Waals surface area (Å²) in [5, 5.41) is 19.6. The average molecular weight is 337 g/mol. The van der Waals surface area contributed by atoms with Crippen molar-refractivity contribution in [3.05, 3.63) is 22.4 Å². The second-order valence-electron chi connectivity index (χ2n) is 4.39. The quantitative estimate of drug-likeness (QED) is 0.784. The summed E-state index contributed by atoms with van der Waals surface area (Å²) in [4.78, 5) is 1.25. The number of thiophene rings is 1. The number of nitrogens with zero attached hydrogens (tertiary/aromatic N) is 1. The zero-order valence-corrected chi connectivity index (χ0v) is 11.3. The third kappa shape index (κ3) is 6.20. The summed E-state index contributed by atoms with van der Waals surface area (Å²) in [7, 11) is 0. The van der Waals surface area contributed by atoms with Gasteiger partial charge in [0.05, 0.1) is 0 Å². The van der Waals surface area contributed by atoms with Crippen molar-refractivity contribution in [3.63, 3.8) is 0 Å². The van der Waals surface area contributed by atoms with Gasteiger partial charge in [0.1, 0.15) is 0 Å². The number of halogens is 6. The van der Waals surface area contributed by atoms with Crippen molar-refractivity contribution < 1.29 is 36.6 Å². The summed E-state index contributed by atoms with van der Waals surface area (Å²) in [6.45, 7) is -2.32. The van der Waals surface area contributed by atoms with Gasteiger partial charge in [-0.2, -0.15) is 26.3 Å². The fourth-order valence-corrected chi connectivity index (χ4v) is 2.27. The third-order valence-electron chi connectivity index (χ3n) is 2.58. The van der Waals surface area contributed by atoms with Gasteiger partial charge in [0, 0.05) is 24.5 Å². The maximum Gasteiger partial charge on any atom is 0.415 e. The Bertz CT molecular complexity index is 397. The summed E-state index contributed by atoms with van der Waals surface area (Å²) < 4.78 is 73.8. The minimum Gasteiger partial charge on any atom is -0.382 e. The van der Waals surface area contributed by atoms with E-state index in [1.165, 1.54) is 6.07 Å². The fourth-order valence-electron chi connectivity index (χ4n) is 1.52. The number of rotatable bonds is 6. The molecule has 0 amide bonds. The van der Waals surface area contributed by atoms with Gasteiger partial charge in [0.25, 0.3) is 0 Å². The van der Waals surface area contributed by atoms with Gasteiger partial charge >= 0.3 is 12.4 Å². The maximum absolute atomic E-state index is 12.3. The molecule has 0 spiro atoms. The molecule has 1 rings (SSSR count). The lowest BCUT2D eigenvalue weighted by atomic mass is 10.2. The van der Waals surface area contributed by atoms with Gasteiger partial charge in [-0.3, -0.25) is 4.90 Å². The van der Waals surface area contributed by atoms with Crippen LogP contribution in [0.15, 0.2) is 17.5 Å². The van der Waals surface area contributed by atoms with Crippen LogP contribution in [0.1, 0.15) is 4.88 Å². The Balaban J connectivity index is 2.75. The fraction of sp³-hybridized carbons (Fsp3) is 0.636. The zero-order valence-electron chi connectivity index (χ0n) is 10.5. The lowest BCUT2D eigenvalue weighted by Gasteiger charge is -2.28. The summed E-state index contributed by atoms with van der Waals surface area (Å²) >= 11 is 1.15. The van der Waals surface area contributed by atoms with E-state index in [0.29, 0.717) is 4.88 Å². The van der Waals surface area contributed by atoms with Crippen LogP contribution >= 0.6 is 11.3 Å². The van der Waals surface area contributed by atoms with Crippen molar-refractivity contribution in [3.8, 4) is 0 Å². The molecule has 122 valence electrons. The predicted octanol–water partition coefficient (Wildman–Crippen LogP) is 2.40. The SMILES string of the molecule is O[C@H](CN(Cc1cccs1)C[C@H](O)C(F)(F)F)C(F)(F)F. The lowest BCUT2D eigenvalue weighted by molar-refractivity contribution is -0.221. The van der Waals surface area contributed by atoms with E-state index < -0.39 is 37.7 Å². The Kier molecular flexibility index (Phi) is 6.02.